The molecule has 86 valence electrons. The number of urea groups is 1. The molecule has 0 aromatic heterocycles. The van der Waals surface area contributed by atoms with Gasteiger partial charge in [-0.15, -0.1) is 0 Å². The Kier molecular flexibility index (Phi) is 4.39. The Balaban J connectivity index is 2.35. The number of rotatable bonds is 2. The summed E-state index contributed by atoms with van der Waals surface area (Å²) < 4.78 is 0. The predicted molar refractivity (Wildman–Crippen MR) is 57.5 cm³/mol. The highest BCUT2D eigenvalue weighted by Crippen LogP contribution is 2.18. The molecule has 1 saturated carbocycles. The Morgan fingerprint density at radius 1 is 1.13 bits per heavy atom. The molecule has 0 heterocycles. The molecule has 0 aromatic rings. The minimum absolute atomic E-state index is 0.000549. The van der Waals surface area contributed by atoms with Gasteiger partial charge in [-0.05, 0) is 25.7 Å². The smallest absolute Gasteiger partial charge is 0.314 e. The maximum absolute atomic E-state index is 11.1. The first-order chi connectivity index (χ1) is 7.11. The van der Waals surface area contributed by atoms with Gasteiger partial charge in [-0.3, -0.25) is 4.79 Å². The van der Waals surface area contributed by atoms with Crippen LogP contribution >= 0.6 is 0 Å². The molecule has 1 aliphatic rings. The number of hydrogen-bond donors (Lipinski definition) is 3. The van der Waals surface area contributed by atoms with Crippen molar-refractivity contribution >= 4 is 11.9 Å². The maximum Gasteiger partial charge on any atom is 0.314 e. The fourth-order valence-electron chi connectivity index (χ4n) is 2.00. The summed E-state index contributed by atoms with van der Waals surface area (Å²) in [7, 11) is 1.60. The number of nitrogens with one attached hydrogen (secondary N) is 3. The summed E-state index contributed by atoms with van der Waals surface area (Å²) >= 11 is 0. The zero-order valence-electron chi connectivity index (χ0n) is 9.30. The van der Waals surface area contributed by atoms with Gasteiger partial charge in [0.2, 0.25) is 5.91 Å². The number of hydrogen-bond acceptors (Lipinski definition) is 2. The van der Waals surface area contributed by atoms with E-state index in [1.165, 1.54) is 6.92 Å². The van der Waals surface area contributed by atoms with Gasteiger partial charge < -0.3 is 16.0 Å². The Morgan fingerprint density at radius 2 is 1.73 bits per heavy atom. The fourth-order valence-corrected chi connectivity index (χ4v) is 2.00. The average molecular weight is 213 g/mol. The number of carbonyl (C=O) groups is 2. The largest absolute Gasteiger partial charge is 0.354 e. The van der Waals surface area contributed by atoms with E-state index in [0.29, 0.717) is 0 Å². The third-order valence-corrected chi connectivity index (χ3v) is 2.64. The minimum Gasteiger partial charge on any atom is -0.354 e. The van der Waals surface area contributed by atoms with Crippen LogP contribution in [0.3, 0.4) is 0 Å². The lowest BCUT2D eigenvalue weighted by atomic mass is 9.91. The van der Waals surface area contributed by atoms with Gasteiger partial charge in [0.1, 0.15) is 0 Å². The van der Waals surface area contributed by atoms with Crippen molar-refractivity contribution in [3.8, 4) is 0 Å². The standard InChI is InChI=1S/C10H19N3O2/c1-7(14)12-8-4-3-5-9(6-8)13-10(15)11-2/h8-9H,3-6H2,1-2H3,(H,12,14)(H2,11,13,15). The predicted octanol–water partition coefficient (Wildman–Crippen LogP) is 0.363. The van der Waals surface area contributed by atoms with Crippen LogP contribution in [0.25, 0.3) is 0 Å². The molecule has 0 bridgehead atoms. The summed E-state index contributed by atoms with van der Waals surface area (Å²) in [6.07, 6.45) is 3.86. The van der Waals surface area contributed by atoms with Crippen molar-refractivity contribution in [2.24, 2.45) is 0 Å². The van der Waals surface area contributed by atoms with Crippen LogP contribution in [-0.2, 0) is 4.79 Å². The molecule has 1 fully saturated rings. The zero-order valence-corrected chi connectivity index (χ0v) is 9.30. The van der Waals surface area contributed by atoms with E-state index in [0.717, 1.165) is 25.7 Å². The summed E-state index contributed by atoms with van der Waals surface area (Å²) in [6.45, 7) is 1.52. The van der Waals surface area contributed by atoms with Crippen molar-refractivity contribution in [1.29, 1.82) is 0 Å². The van der Waals surface area contributed by atoms with Crippen LogP contribution in [0.5, 0.6) is 0 Å². The second-order valence-electron chi connectivity index (χ2n) is 3.98. The van der Waals surface area contributed by atoms with Crippen molar-refractivity contribution < 1.29 is 9.59 Å². The van der Waals surface area contributed by atoms with Gasteiger partial charge in [-0.2, -0.15) is 0 Å². The molecule has 1 aliphatic carbocycles. The molecule has 0 saturated heterocycles. The van der Waals surface area contributed by atoms with E-state index in [-0.39, 0.29) is 24.0 Å². The normalized spacial score (nSPS) is 25.5. The number of carbonyl (C=O) groups excluding carboxylic acids is 2. The zero-order chi connectivity index (χ0) is 11.3. The molecule has 1 rings (SSSR count). The Morgan fingerprint density at radius 3 is 2.27 bits per heavy atom. The first-order valence-corrected chi connectivity index (χ1v) is 5.37. The van der Waals surface area contributed by atoms with E-state index in [1.807, 2.05) is 0 Å². The quantitative estimate of drug-likeness (QED) is 0.620. The topological polar surface area (TPSA) is 70.2 Å². The Hall–Kier alpha value is -1.26. The van der Waals surface area contributed by atoms with E-state index in [1.54, 1.807) is 7.05 Å². The maximum atomic E-state index is 11.1. The fraction of sp³-hybridized carbons (Fsp3) is 0.800. The average Bonchev–Trinajstić information content (AvgIpc) is 2.17. The highest BCUT2D eigenvalue weighted by Gasteiger charge is 2.23. The first-order valence-electron chi connectivity index (χ1n) is 5.37. The second kappa shape index (κ2) is 5.58. The molecule has 2 atom stereocenters. The monoisotopic (exact) mass is 213 g/mol. The van der Waals surface area contributed by atoms with Crippen molar-refractivity contribution in [3.63, 3.8) is 0 Å². The van der Waals surface area contributed by atoms with Crippen molar-refractivity contribution in [3.05, 3.63) is 0 Å². The SMILES string of the molecule is CNC(=O)NC1CCCC(NC(C)=O)C1. The first kappa shape index (κ1) is 11.8. The lowest BCUT2D eigenvalue weighted by Crippen LogP contribution is -2.47. The van der Waals surface area contributed by atoms with Gasteiger partial charge in [0.15, 0.2) is 0 Å². The van der Waals surface area contributed by atoms with Gasteiger partial charge in [0.05, 0.1) is 0 Å². The van der Waals surface area contributed by atoms with Gasteiger partial charge in [-0.1, -0.05) is 0 Å². The van der Waals surface area contributed by atoms with E-state index in [4.69, 9.17) is 0 Å². The lowest BCUT2D eigenvalue weighted by Gasteiger charge is -2.29. The molecular weight excluding hydrogens is 194 g/mol. The van der Waals surface area contributed by atoms with Crippen molar-refractivity contribution in [1.82, 2.24) is 16.0 Å². The van der Waals surface area contributed by atoms with Crippen LogP contribution < -0.4 is 16.0 Å². The van der Waals surface area contributed by atoms with Crippen LogP contribution in [-0.4, -0.2) is 31.1 Å². The lowest BCUT2D eigenvalue weighted by molar-refractivity contribution is -0.119. The molecule has 5 nitrogen and oxygen atoms in total. The Labute approximate surface area is 90.0 Å². The van der Waals surface area contributed by atoms with Gasteiger partial charge in [-0.25, -0.2) is 4.79 Å². The third kappa shape index (κ3) is 4.18. The molecule has 0 spiro atoms. The summed E-state index contributed by atoms with van der Waals surface area (Å²) in [5, 5.41) is 8.29. The van der Waals surface area contributed by atoms with Gasteiger partial charge >= 0.3 is 6.03 Å². The van der Waals surface area contributed by atoms with Crippen LogP contribution in [0.2, 0.25) is 0 Å². The van der Waals surface area contributed by atoms with E-state index >= 15 is 0 Å². The van der Waals surface area contributed by atoms with Gasteiger partial charge in [0, 0.05) is 26.1 Å². The summed E-state index contributed by atoms with van der Waals surface area (Å²) in [6, 6.07) is 0.234. The molecule has 3 N–H and O–H groups in total. The molecule has 5 heteroatoms. The van der Waals surface area contributed by atoms with E-state index in [9.17, 15) is 9.59 Å². The Bertz CT molecular complexity index is 243. The highest BCUT2D eigenvalue weighted by molar-refractivity contribution is 5.74. The van der Waals surface area contributed by atoms with Crippen molar-refractivity contribution in [2.75, 3.05) is 7.05 Å². The number of amides is 3. The van der Waals surface area contributed by atoms with Crippen LogP contribution in [0.4, 0.5) is 4.79 Å². The molecule has 15 heavy (non-hydrogen) atoms. The molecule has 0 aromatic carbocycles. The van der Waals surface area contributed by atoms with Gasteiger partial charge in [0.25, 0.3) is 0 Å². The molecule has 3 amide bonds. The molecule has 0 radical (unpaired) electrons. The van der Waals surface area contributed by atoms with Crippen LogP contribution in [0.15, 0.2) is 0 Å². The van der Waals surface area contributed by atoms with Crippen LogP contribution in [0.1, 0.15) is 32.6 Å². The van der Waals surface area contributed by atoms with Crippen molar-refractivity contribution in [2.45, 2.75) is 44.7 Å². The third-order valence-electron chi connectivity index (χ3n) is 2.64. The van der Waals surface area contributed by atoms with E-state index in [2.05, 4.69) is 16.0 Å². The summed E-state index contributed by atoms with van der Waals surface area (Å²) in [5.41, 5.74) is 0. The summed E-state index contributed by atoms with van der Waals surface area (Å²) in [4.78, 5) is 22.0. The van der Waals surface area contributed by atoms with E-state index < -0.39 is 0 Å². The summed E-state index contributed by atoms with van der Waals surface area (Å²) in [5.74, 6) is 0.000549. The molecule has 2 unspecified atom stereocenters. The second-order valence-corrected chi connectivity index (χ2v) is 3.98. The highest BCUT2D eigenvalue weighted by atomic mass is 16.2. The van der Waals surface area contributed by atoms with Crippen LogP contribution in [0, 0.1) is 0 Å². The minimum atomic E-state index is -0.150. The molecule has 0 aliphatic heterocycles. The molecular formula is C10H19N3O2.